The fourth-order valence-corrected chi connectivity index (χ4v) is 7.05. The third-order valence-electron chi connectivity index (χ3n) is 6.37. The highest BCUT2D eigenvalue weighted by atomic mass is 32.2. The van der Waals surface area contributed by atoms with Gasteiger partial charge in [0.1, 0.15) is 11.6 Å². The molecule has 192 valence electrons. The Hall–Kier alpha value is -4.09. The smallest absolute Gasteiger partial charge is 0.264 e. The van der Waals surface area contributed by atoms with E-state index in [2.05, 4.69) is 15.4 Å². The van der Waals surface area contributed by atoms with Gasteiger partial charge in [0.05, 0.1) is 26.5 Å². The predicted molar refractivity (Wildman–Crippen MR) is 145 cm³/mol. The Morgan fingerprint density at radius 3 is 2.66 bits per heavy atom. The summed E-state index contributed by atoms with van der Waals surface area (Å²) in [6, 6.07) is 19.4. The molecular formula is C27H22FN5O3S2. The van der Waals surface area contributed by atoms with Gasteiger partial charge in [-0.1, -0.05) is 29.5 Å². The quantitative estimate of drug-likeness (QED) is 0.321. The molecule has 1 aliphatic rings. The number of fused-ring (bicyclic) bond motifs is 2. The van der Waals surface area contributed by atoms with Gasteiger partial charge >= 0.3 is 0 Å². The van der Waals surface area contributed by atoms with Gasteiger partial charge in [-0.05, 0) is 73.9 Å². The lowest BCUT2D eigenvalue weighted by Gasteiger charge is -2.30. The van der Waals surface area contributed by atoms with E-state index in [0.717, 1.165) is 18.4 Å². The zero-order chi connectivity index (χ0) is 26.4. The number of hydrogen-bond acceptors (Lipinski definition) is 6. The molecule has 2 aromatic heterocycles. The molecule has 38 heavy (non-hydrogen) atoms. The molecule has 6 rings (SSSR count). The number of anilines is 2. The first-order chi connectivity index (χ1) is 18.3. The maximum atomic E-state index is 13.6. The molecule has 8 nitrogen and oxygen atoms in total. The molecule has 1 N–H and O–H groups in total. The van der Waals surface area contributed by atoms with Crippen LogP contribution in [0.25, 0.3) is 15.3 Å². The lowest BCUT2D eigenvalue weighted by atomic mass is 10.0. The van der Waals surface area contributed by atoms with Crippen molar-refractivity contribution in [2.24, 2.45) is 0 Å². The number of amides is 1. The molecule has 3 aromatic carbocycles. The second kappa shape index (κ2) is 9.34. The molecule has 3 heterocycles. The van der Waals surface area contributed by atoms with Crippen LogP contribution in [0.1, 0.15) is 28.0 Å². The van der Waals surface area contributed by atoms with Crippen molar-refractivity contribution in [2.75, 3.05) is 16.2 Å². The maximum Gasteiger partial charge on any atom is 0.264 e. The number of sulfonamides is 1. The van der Waals surface area contributed by atoms with Crippen LogP contribution in [-0.4, -0.2) is 35.6 Å². The second-order valence-corrected chi connectivity index (χ2v) is 11.9. The van der Waals surface area contributed by atoms with Crippen molar-refractivity contribution in [1.82, 2.24) is 14.8 Å². The Bertz CT molecular complexity index is 1800. The largest absolute Gasteiger partial charge is 0.306 e. The molecule has 0 radical (unpaired) electrons. The van der Waals surface area contributed by atoms with Crippen molar-refractivity contribution < 1.29 is 17.6 Å². The van der Waals surface area contributed by atoms with Gasteiger partial charge in [0.15, 0.2) is 0 Å². The highest BCUT2D eigenvalue weighted by molar-refractivity contribution is 7.92. The van der Waals surface area contributed by atoms with Gasteiger partial charge in [0.25, 0.3) is 15.9 Å². The zero-order valence-electron chi connectivity index (χ0n) is 20.3. The number of aromatic nitrogens is 3. The summed E-state index contributed by atoms with van der Waals surface area (Å²) >= 11 is 1.25. The maximum absolute atomic E-state index is 13.6. The van der Waals surface area contributed by atoms with Crippen LogP contribution in [0.2, 0.25) is 0 Å². The summed E-state index contributed by atoms with van der Waals surface area (Å²) in [4.78, 5) is 17.7. The Labute approximate surface area is 222 Å². The van der Waals surface area contributed by atoms with Gasteiger partial charge in [-0.15, -0.1) is 0 Å². The SMILES string of the molecule is Cc1cc(NC(=O)c2ccc(S(=O)(=O)N3CCCc4ccccc43)cc2)n(-c2nc3ccc(F)cc3s2)n1. The summed E-state index contributed by atoms with van der Waals surface area (Å²) in [5, 5.41) is 7.75. The average Bonchev–Trinajstić information content (AvgIpc) is 3.50. The Kier molecular flexibility index (Phi) is 5.96. The topological polar surface area (TPSA) is 97.2 Å². The highest BCUT2D eigenvalue weighted by Crippen LogP contribution is 2.32. The minimum absolute atomic E-state index is 0.119. The number of carbonyl (C=O) groups is 1. The lowest BCUT2D eigenvalue weighted by Crippen LogP contribution is -2.35. The minimum atomic E-state index is -3.78. The highest BCUT2D eigenvalue weighted by Gasteiger charge is 2.29. The fourth-order valence-electron chi connectivity index (χ4n) is 4.55. The molecule has 0 aliphatic carbocycles. The third kappa shape index (κ3) is 4.33. The van der Waals surface area contributed by atoms with Crippen LogP contribution in [-0.2, 0) is 16.4 Å². The van der Waals surface area contributed by atoms with Crippen molar-refractivity contribution in [1.29, 1.82) is 0 Å². The molecule has 0 unspecified atom stereocenters. The number of carbonyl (C=O) groups excluding carboxylic acids is 1. The lowest BCUT2D eigenvalue weighted by molar-refractivity contribution is 0.102. The number of thiazole rings is 1. The molecule has 1 aliphatic heterocycles. The van der Waals surface area contributed by atoms with Gasteiger partial charge in [0.2, 0.25) is 5.13 Å². The molecule has 5 aromatic rings. The predicted octanol–water partition coefficient (Wildman–Crippen LogP) is 5.32. The summed E-state index contributed by atoms with van der Waals surface area (Å²) in [6.45, 7) is 2.20. The van der Waals surface area contributed by atoms with Crippen molar-refractivity contribution >= 4 is 49.0 Å². The molecule has 1 amide bonds. The van der Waals surface area contributed by atoms with E-state index in [4.69, 9.17) is 0 Å². The van der Waals surface area contributed by atoms with Gasteiger partial charge in [0, 0.05) is 18.2 Å². The number of aryl methyl sites for hydroxylation is 2. The summed E-state index contributed by atoms with van der Waals surface area (Å²) in [7, 11) is -3.78. The summed E-state index contributed by atoms with van der Waals surface area (Å²) in [5.74, 6) is -0.382. The standard InChI is InChI=1S/C27H22FN5O3S2/c1-17-15-25(33(31-17)27-29-22-13-10-20(28)16-24(22)37-27)30-26(34)19-8-11-21(12-9-19)38(35,36)32-14-4-6-18-5-2-3-7-23(18)32/h2-3,5,7-13,15-16H,4,6,14H2,1H3,(H,30,34). The van der Waals surface area contributed by atoms with E-state index in [-0.39, 0.29) is 10.7 Å². The summed E-state index contributed by atoms with van der Waals surface area (Å²) < 4.78 is 44.0. The number of halogens is 1. The molecule has 11 heteroatoms. The average molecular weight is 548 g/mol. The van der Waals surface area contributed by atoms with E-state index in [9.17, 15) is 17.6 Å². The van der Waals surface area contributed by atoms with Crippen LogP contribution in [0.4, 0.5) is 15.9 Å². The fraction of sp³-hybridized carbons (Fsp3) is 0.148. The second-order valence-electron chi connectivity index (χ2n) is 8.98. The van der Waals surface area contributed by atoms with Crippen molar-refractivity contribution in [3.8, 4) is 5.13 Å². The Balaban J connectivity index is 1.25. The van der Waals surface area contributed by atoms with E-state index in [0.29, 0.717) is 44.7 Å². The number of nitrogens with zero attached hydrogens (tertiary/aromatic N) is 4. The van der Waals surface area contributed by atoms with E-state index >= 15 is 0 Å². The molecule has 0 saturated carbocycles. The van der Waals surface area contributed by atoms with Crippen molar-refractivity contribution in [3.05, 3.63) is 95.4 Å². The first kappa shape index (κ1) is 24.3. The number of para-hydroxylation sites is 1. The van der Waals surface area contributed by atoms with E-state index < -0.39 is 15.9 Å². The van der Waals surface area contributed by atoms with Crippen LogP contribution in [0.5, 0.6) is 0 Å². The van der Waals surface area contributed by atoms with E-state index in [1.165, 1.54) is 56.7 Å². The van der Waals surface area contributed by atoms with Crippen LogP contribution in [0.15, 0.2) is 77.7 Å². The number of hydrogen-bond donors (Lipinski definition) is 1. The monoisotopic (exact) mass is 547 g/mol. The number of rotatable bonds is 5. The molecule has 0 saturated heterocycles. The molecule has 0 bridgehead atoms. The first-order valence-electron chi connectivity index (χ1n) is 11.9. The molecule has 0 spiro atoms. The van der Waals surface area contributed by atoms with Gasteiger partial charge < -0.3 is 5.32 Å². The van der Waals surface area contributed by atoms with Crippen LogP contribution >= 0.6 is 11.3 Å². The van der Waals surface area contributed by atoms with Gasteiger partial charge in [-0.25, -0.2) is 17.8 Å². The van der Waals surface area contributed by atoms with Crippen LogP contribution in [0.3, 0.4) is 0 Å². The Morgan fingerprint density at radius 1 is 1.05 bits per heavy atom. The van der Waals surface area contributed by atoms with E-state index in [1.54, 1.807) is 19.1 Å². The van der Waals surface area contributed by atoms with Crippen LogP contribution in [0, 0.1) is 12.7 Å². The minimum Gasteiger partial charge on any atom is -0.306 e. The zero-order valence-corrected chi connectivity index (χ0v) is 21.9. The molecular weight excluding hydrogens is 525 g/mol. The number of benzene rings is 3. The van der Waals surface area contributed by atoms with Gasteiger partial charge in [-0.3, -0.25) is 9.10 Å². The third-order valence-corrected chi connectivity index (χ3v) is 9.19. The summed E-state index contributed by atoms with van der Waals surface area (Å²) in [5.41, 5.74) is 3.28. The van der Waals surface area contributed by atoms with Crippen molar-refractivity contribution in [3.63, 3.8) is 0 Å². The normalized spacial score (nSPS) is 13.5. The van der Waals surface area contributed by atoms with E-state index in [1.807, 2.05) is 24.3 Å². The van der Waals surface area contributed by atoms with Gasteiger partial charge in [-0.2, -0.15) is 9.78 Å². The molecule has 0 atom stereocenters. The first-order valence-corrected chi connectivity index (χ1v) is 14.2. The van der Waals surface area contributed by atoms with Crippen LogP contribution < -0.4 is 9.62 Å². The number of nitrogens with one attached hydrogen (secondary N) is 1. The summed E-state index contributed by atoms with van der Waals surface area (Å²) in [6.07, 6.45) is 1.58. The molecule has 0 fully saturated rings. The van der Waals surface area contributed by atoms with Crippen molar-refractivity contribution in [2.45, 2.75) is 24.7 Å². The Morgan fingerprint density at radius 2 is 1.84 bits per heavy atom.